The van der Waals surface area contributed by atoms with Crippen LogP contribution in [0.4, 0.5) is 9.59 Å². The van der Waals surface area contributed by atoms with Crippen molar-refractivity contribution in [3.8, 4) is 33.6 Å². The Hall–Kier alpha value is -6.96. The van der Waals surface area contributed by atoms with Crippen LogP contribution in [-0.2, 0) is 32.2 Å². The van der Waals surface area contributed by atoms with Gasteiger partial charge in [-0.05, 0) is 58.0 Å². The second-order valence-electron chi connectivity index (χ2n) is 14.4. The van der Waals surface area contributed by atoms with Crippen LogP contribution >= 0.6 is 0 Å². The Balaban J connectivity index is 0.00000228. The van der Waals surface area contributed by atoms with Crippen molar-refractivity contribution in [3.05, 3.63) is 121 Å². The minimum absolute atomic E-state index is 0.151. The molecule has 4 aromatic carbocycles. The summed E-state index contributed by atoms with van der Waals surface area (Å²) in [6, 6.07) is 29.0. The molecule has 0 fully saturated rings. The number of aromatic nitrogens is 4. The SMILES string of the molecule is CCC.CCCN(Cc1ncc(-c2ccc3cc(-c4ccc(-c5cnc(CN(CCC)C(=O)C(NC(=O)OC)c6ccccc6)[nH]5)cc4)ccc3c2)[nH]1)C(=O)CNC(=O)OC. The second kappa shape index (κ2) is 22.4. The van der Waals surface area contributed by atoms with E-state index in [-0.39, 0.29) is 24.9 Å². The first-order chi connectivity index (χ1) is 29.6. The Morgan fingerprint density at radius 2 is 1.15 bits per heavy atom. The van der Waals surface area contributed by atoms with Gasteiger partial charge in [-0.15, -0.1) is 0 Å². The average molecular weight is 829 g/mol. The van der Waals surface area contributed by atoms with E-state index >= 15 is 0 Å². The van der Waals surface area contributed by atoms with Gasteiger partial charge in [-0.1, -0.05) is 113 Å². The molecule has 14 heteroatoms. The molecule has 0 aliphatic carbocycles. The Morgan fingerprint density at radius 1 is 0.639 bits per heavy atom. The van der Waals surface area contributed by atoms with E-state index in [0.29, 0.717) is 36.8 Å². The van der Waals surface area contributed by atoms with Gasteiger partial charge in [0.1, 0.15) is 24.2 Å². The first-order valence-electron chi connectivity index (χ1n) is 20.6. The molecule has 0 spiro atoms. The van der Waals surface area contributed by atoms with Gasteiger partial charge in [0.15, 0.2) is 0 Å². The van der Waals surface area contributed by atoms with Crippen molar-refractivity contribution in [1.82, 2.24) is 40.4 Å². The quantitative estimate of drug-likeness (QED) is 0.0750. The number of rotatable bonds is 16. The van der Waals surface area contributed by atoms with Crippen molar-refractivity contribution in [1.29, 1.82) is 0 Å². The van der Waals surface area contributed by atoms with Crippen LogP contribution < -0.4 is 10.6 Å². The summed E-state index contributed by atoms with van der Waals surface area (Å²) >= 11 is 0. The van der Waals surface area contributed by atoms with Gasteiger partial charge >= 0.3 is 12.2 Å². The van der Waals surface area contributed by atoms with E-state index in [9.17, 15) is 19.2 Å². The third-order valence-corrected chi connectivity index (χ3v) is 9.67. The lowest BCUT2D eigenvalue weighted by atomic mass is 9.98. The van der Waals surface area contributed by atoms with Crippen LogP contribution in [0.25, 0.3) is 44.4 Å². The number of imidazole rings is 2. The molecule has 0 aliphatic rings. The van der Waals surface area contributed by atoms with Gasteiger partial charge in [0, 0.05) is 18.7 Å². The smallest absolute Gasteiger partial charge is 0.407 e. The Bertz CT molecular complexity index is 2360. The maximum Gasteiger partial charge on any atom is 0.407 e. The molecular formula is C47H56N8O6. The largest absolute Gasteiger partial charge is 0.453 e. The third kappa shape index (κ3) is 12.3. The molecule has 6 aromatic rings. The summed E-state index contributed by atoms with van der Waals surface area (Å²) in [5.74, 6) is 0.803. The second-order valence-corrected chi connectivity index (χ2v) is 14.4. The molecule has 320 valence electrons. The molecule has 1 unspecified atom stereocenters. The zero-order valence-electron chi connectivity index (χ0n) is 35.8. The highest BCUT2D eigenvalue weighted by Crippen LogP contribution is 2.30. The number of aromatic amines is 2. The fourth-order valence-corrected chi connectivity index (χ4v) is 6.70. The molecule has 0 saturated heterocycles. The number of fused-ring (bicyclic) bond motifs is 1. The van der Waals surface area contributed by atoms with Crippen molar-refractivity contribution in [3.63, 3.8) is 0 Å². The van der Waals surface area contributed by atoms with Crippen molar-refractivity contribution in [2.45, 2.75) is 66.1 Å². The van der Waals surface area contributed by atoms with E-state index in [4.69, 9.17) is 4.74 Å². The van der Waals surface area contributed by atoms with Gasteiger partial charge in [0.05, 0.1) is 51.1 Å². The van der Waals surface area contributed by atoms with Crippen LogP contribution in [0.3, 0.4) is 0 Å². The van der Waals surface area contributed by atoms with Gasteiger partial charge < -0.3 is 39.9 Å². The molecule has 6 rings (SSSR count). The average Bonchev–Trinajstić information content (AvgIpc) is 3.97. The van der Waals surface area contributed by atoms with Gasteiger partial charge in [0.2, 0.25) is 11.8 Å². The van der Waals surface area contributed by atoms with E-state index in [2.05, 4.69) is 91.6 Å². The molecular weight excluding hydrogens is 773 g/mol. The highest BCUT2D eigenvalue weighted by molar-refractivity contribution is 5.91. The van der Waals surface area contributed by atoms with E-state index < -0.39 is 18.2 Å². The molecule has 0 bridgehead atoms. The molecule has 0 saturated carbocycles. The van der Waals surface area contributed by atoms with Crippen LogP contribution in [0.1, 0.15) is 70.2 Å². The van der Waals surface area contributed by atoms with Gasteiger partial charge in [-0.3, -0.25) is 9.59 Å². The fraction of sp³-hybridized carbons (Fsp3) is 0.319. The van der Waals surface area contributed by atoms with Gasteiger partial charge in [-0.2, -0.15) is 0 Å². The van der Waals surface area contributed by atoms with E-state index in [1.807, 2.05) is 50.2 Å². The number of nitrogens with one attached hydrogen (secondary N) is 4. The number of H-pyrrole nitrogens is 2. The normalized spacial score (nSPS) is 11.2. The molecule has 1 atom stereocenters. The van der Waals surface area contributed by atoms with E-state index in [1.165, 1.54) is 20.6 Å². The van der Waals surface area contributed by atoms with Crippen molar-refractivity contribution in [2.24, 2.45) is 0 Å². The zero-order valence-corrected chi connectivity index (χ0v) is 35.8. The monoisotopic (exact) mass is 828 g/mol. The zero-order chi connectivity index (χ0) is 43.7. The van der Waals surface area contributed by atoms with Crippen LogP contribution in [0, 0.1) is 0 Å². The highest BCUT2D eigenvalue weighted by Gasteiger charge is 2.28. The highest BCUT2D eigenvalue weighted by atomic mass is 16.5. The first-order valence-corrected chi connectivity index (χ1v) is 20.6. The van der Waals surface area contributed by atoms with E-state index in [1.54, 1.807) is 34.3 Å². The number of amides is 4. The number of methoxy groups -OCH3 is 2. The number of ether oxygens (including phenoxy) is 2. The van der Waals surface area contributed by atoms with Crippen LogP contribution in [0.2, 0.25) is 0 Å². The first kappa shape index (κ1) is 45.1. The van der Waals surface area contributed by atoms with Crippen LogP contribution in [0.5, 0.6) is 0 Å². The lowest BCUT2D eigenvalue weighted by molar-refractivity contribution is -0.134. The summed E-state index contributed by atoms with van der Waals surface area (Å²) in [5, 5.41) is 7.29. The van der Waals surface area contributed by atoms with Gasteiger partial charge in [-0.25, -0.2) is 19.6 Å². The maximum absolute atomic E-state index is 13.8. The number of benzene rings is 4. The number of alkyl carbamates (subject to hydrolysis) is 2. The standard InChI is InChI=1S/C44H48N8O6.C3H8/c1-5-20-51(40(53)26-47-43(55)57-3)27-38-46-25-37(49-38)35-19-18-33-22-32(16-17-34(33)23-35)29-12-14-30(15-13-29)36-24-45-39(48-36)28-52(21-6-2)42(54)41(50-44(56)58-4)31-10-8-7-9-11-31;1-3-2/h7-19,22-25,41H,5-6,20-21,26-28H2,1-4H3,(H,45,48)(H,46,49)(H,47,55)(H,50,56);3H2,1-2H3. The molecule has 0 aliphatic heterocycles. The van der Waals surface area contributed by atoms with Crippen molar-refractivity contribution in [2.75, 3.05) is 33.9 Å². The van der Waals surface area contributed by atoms with Gasteiger partial charge in [0.25, 0.3) is 0 Å². The molecule has 0 radical (unpaired) electrons. The van der Waals surface area contributed by atoms with Crippen molar-refractivity contribution >= 4 is 34.8 Å². The lowest BCUT2D eigenvalue weighted by Gasteiger charge is -2.27. The summed E-state index contributed by atoms with van der Waals surface area (Å²) in [6.45, 7) is 9.63. The number of nitrogens with zero attached hydrogens (tertiary/aromatic N) is 4. The number of hydrogen-bond donors (Lipinski definition) is 4. The third-order valence-electron chi connectivity index (χ3n) is 9.67. The molecule has 2 heterocycles. The predicted octanol–water partition coefficient (Wildman–Crippen LogP) is 8.63. The fourth-order valence-electron chi connectivity index (χ4n) is 6.70. The summed E-state index contributed by atoms with van der Waals surface area (Å²) in [7, 11) is 2.53. The van der Waals surface area contributed by atoms with Crippen molar-refractivity contribution < 1.29 is 28.7 Å². The molecule has 61 heavy (non-hydrogen) atoms. The number of carbonyl (C=O) groups excluding carboxylic acids is 4. The minimum atomic E-state index is -0.902. The number of carbonyl (C=O) groups is 4. The number of hydrogen-bond acceptors (Lipinski definition) is 8. The Labute approximate surface area is 357 Å². The van der Waals surface area contributed by atoms with Crippen LogP contribution in [-0.4, -0.2) is 87.6 Å². The summed E-state index contributed by atoms with van der Waals surface area (Å²) < 4.78 is 9.38. The van der Waals surface area contributed by atoms with E-state index in [0.717, 1.165) is 57.3 Å². The topological polar surface area (TPSA) is 175 Å². The maximum atomic E-state index is 13.8. The van der Waals surface area contributed by atoms with Crippen LogP contribution in [0.15, 0.2) is 103 Å². The molecule has 4 N–H and O–H groups in total. The molecule has 4 amide bonds. The summed E-state index contributed by atoms with van der Waals surface area (Å²) in [4.78, 5) is 69.3. The Morgan fingerprint density at radius 3 is 1.74 bits per heavy atom. The predicted molar refractivity (Wildman–Crippen MR) is 237 cm³/mol. The summed E-state index contributed by atoms with van der Waals surface area (Å²) in [6.07, 6.45) is 4.94. The summed E-state index contributed by atoms with van der Waals surface area (Å²) in [5.41, 5.74) is 6.39. The molecule has 2 aromatic heterocycles. The lowest BCUT2D eigenvalue weighted by Crippen LogP contribution is -2.43. The molecule has 14 nitrogen and oxygen atoms in total. The minimum Gasteiger partial charge on any atom is -0.453 e. The Kier molecular flexibility index (Phi) is 16.6.